The Hall–Kier alpha value is -1.30. The normalized spacial score (nSPS) is 17.4. The van der Waals surface area contributed by atoms with Crippen molar-refractivity contribution in [2.75, 3.05) is 5.32 Å². The van der Waals surface area contributed by atoms with E-state index in [4.69, 9.17) is 12.2 Å². The Morgan fingerprint density at radius 1 is 1.05 bits per heavy atom. The van der Waals surface area contributed by atoms with Crippen molar-refractivity contribution in [3.8, 4) is 0 Å². The van der Waals surface area contributed by atoms with Gasteiger partial charge in [-0.3, -0.25) is 0 Å². The molecule has 0 aromatic heterocycles. The number of hydrogen-bond acceptors (Lipinski definition) is 1. The first-order chi connectivity index (χ1) is 10.4. The fourth-order valence-corrected chi connectivity index (χ4v) is 3.01. The molecule has 0 radical (unpaired) electrons. The quantitative estimate of drug-likeness (QED) is 0.737. The Kier molecular flexibility index (Phi) is 6.06. The zero-order valence-corrected chi connectivity index (χ0v) is 13.2. The molecule has 2 N–H and O–H groups in total. The van der Waals surface area contributed by atoms with Crippen LogP contribution in [0.5, 0.6) is 0 Å². The predicted molar refractivity (Wildman–Crippen MR) is 86.9 cm³/mol. The van der Waals surface area contributed by atoms with Crippen LogP contribution in [0.3, 0.4) is 0 Å². The van der Waals surface area contributed by atoms with Gasteiger partial charge in [-0.05, 0) is 43.3 Å². The van der Waals surface area contributed by atoms with Crippen molar-refractivity contribution in [1.29, 1.82) is 0 Å². The Balaban J connectivity index is 1.91. The molecule has 0 amide bonds. The van der Waals surface area contributed by atoms with E-state index >= 15 is 0 Å². The van der Waals surface area contributed by atoms with Gasteiger partial charge in [0.1, 0.15) is 0 Å². The maximum absolute atomic E-state index is 12.7. The van der Waals surface area contributed by atoms with E-state index in [0.717, 1.165) is 25.0 Å². The predicted octanol–water partition coefficient (Wildman–Crippen LogP) is 5.10. The summed E-state index contributed by atoms with van der Waals surface area (Å²) in [6, 6.07) is 5.40. The highest BCUT2D eigenvalue weighted by atomic mass is 32.1. The van der Waals surface area contributed by atoms with E-state index in [0.29, 0.717) is 16.8 Å². The van der Waals surface area contributed by atoms with Crippen LogP contribution in [0.4, 0.5) is 18.9 Å². The lowest BCUT2D eigenvalue weighted by atomic mass is 9.97. The third kappa shape index (κ3) is 5.48. The van der Waals surface area contributed by atoms with Crippen molar-refractivity contribution < 1.29 is 13.2 Å². The monoisotopic (exact) mass is 330 g/mol. The second-order valence-corrected chi connectivity index (χ2v) is 6.13. The van der Waals surface area contributed by atoms with E-state index in [1.807, 2.05) is 0 Å². The number of halogens is 3. The number of benzene rings is 1. The molecule has 0 spiro atoms. The SMILES string of the molecule is FC(F)(F)c1cccc(NC(=S)NC2CCCCCCC2)c1. The van der Waals surface area contributed by atoms with Crippen LogP contribution in [-0.4, -0.2) is 11.2 Å². The number of alkyl halides is 3. The molecule has 1 fully saturated rings. The van der Waals surface area contributed by atoms with E-state index in [-0.39, 0.29) is 0 Å². The summed E-state index contributed by atoms with van der Waals surface area (Å²) >= 11 is 5.23. The summed E-state index contributed by atoms with van der Waals surface area (Å²) in [6.07, 6.45) is 3.90. The average Bonchev–Trinajstić information content (AvgIpc) is 2.41. The van der Waals surface area contributed by atoms with Crippen LogP contribution in [0.15, 0.2) is 24.3 Å². The second-order valence-electron chi connectivity index (χ2n) is 5.72. The minimum atomic E-state index is -4.34. The molecule has 0 unspecified atom stereocenters. The van der Waals surface area contributed by atoms with E-state index < -0.39 is 11.7 Å². The van der Waals surface area contributed by atoms with Crippen LogP contribution < -0.4 is 10.6 Å². The molecular formula is C16H21F3N2S. The molecule has 6 heteroatoms. The standard InChI is InChI=1S/C16H21F3N2S/c17-16(18,19)12-7-6-10-14(11-12)21-15(22)20-13-8-4-2-1-3-5-9-13/h6-7,10-11,13H,1-5,8-9H2,(H2,20,21,22). The molecule has 122 valence electrons. The summed E-state index contributed by atoms with van der Waals surface area (Å²) in [5.74, 6) is 0. The topological polar surface area (TPSA) is 24.1 Å². The molecular weight excluding hydrogens is 309 g/mol. The van der Waals surface area contributed by atoms with Crippen LogP contribution in [0.1, 0.15) is 50.5 Å². The Bertz CT molecular complexity index is 494. The van der Waals surface area contributed by atoms with Gasteiger partial charge in [0.25, 0.3) is 0 Å². The van der Waals surface area contributed by atoms with Crippen LogP contribution in [0.25, 0.3) is 0 Å². The van der Waals surface area contributed by atoms with E-state index in [1.54, 1.807) is 6.07 Å². The highest BCUT2D eigenvalue weighted by molar-refractivity contribution is 7.80. The van der Waals surface area contributed by atoms with Crippen molar-refractivity contribution in [3.63, 3.8) is 0 Å². The maximum Gasteiger partial charge on any atom is 0.416 e. The van der Waals surface area contributed by atoms with E-state index in [2.05, 4.69) is 10.6 Å². The van der Waals surface area contributed by atoms with Gasteiger partial charge < -0.3 is 10.6 Å². The minimum Gasteiger partial charge on any atom is -0.360 e. The van der Waals surface area contributed by atoms with Crippen LogP contribution in [-0.2, 0) is 6.18 Å². The molecule has 0 bridgehead atoms. The third-order valence-corrected chi connectivity index (χ3v) is 4.11. The number of nitrogens with one attached hydrogen (secondary N) is 2. The zero-order valence-electron chi connectivity index (χ0n) is 12.4. The van der Waals surface area contributed by atoms with Gasteiger partial charge in [-0.2, -0.15) is 13.2 Å². The first-order valence-electron chi connectivity index (χ1n) is 7.70. The molecule has 0 heterocycles. The van der Waals surface area contributed by atoms with Gasteiger partial charge in [-0.1, -0.05) is 38.2 Å². The second kappa shape index (κ2) is 7.81. The molecule has 0 atom stereocenters. The molecule has 1 aliphatic rings. The lowest BCUT2D eigenvalue weighted by Crippen LogP contribution is -2.38. The van der Waals surface area contributed by atoms with Crippen LogP contribution >= 0.6 is 12.2 Å². The highest BCUT2D eigenvalue weighted by Gasteiger charge is 2.30. The summed E-state index contributed by atoms with van der Waals surface area (Å²) in [7, 11) is 0. The summed E-state index contributed by atoms with van der Waals surface area (Å²) in [5.41, 5.74) is -0.315. The van der Waals surface area contributed by atoms with Gasteiger partial charge in [0.2, 0.25) is 0 Å². The molecule has 1 aliphatic carbocycles. The largest absolute Gasteiger partial charge is 0.416 e. The number of thiocarbonyl (C=S) groups is 1. The van der Waals surface area contributed by atoms with Crippen molar-refractivity contribution >= 4 is 23.0 Å². The summed E-state index contributed by atoms with van der Waals surface area (Å²) in [6.45, 7) is 0. The molecule has 0 aliphatic heterocycles. The number of anilines is 1. The van der Waals surface area contributed by atoms with Gasteiger partial charge in [0, 0.05) is 11.7 Å². The average molecular weight is 330 g/mol. The molecule has 1 saturated carbocycles. The lowest BCUT2D eigenvalue weighted by molar-refractivity contribution is -0.137. The van der Waals surface area contributed by atoms with Crippen molar-refractivity contribution in [2.24, 2.45) is 0 Å². The first-order valence-corrected chi connectivity index (χ1v) is 8.11. The summed E-state index contributed by atoms with van der Waals surface area (Å²) in [4.78, 5) is 0. The lowest BCUT2D eigenvalue weighted by Gasteiger charge is -2.23. The smallest absolute Gasteiger partial charge is 0.360 e. The van der Waals surface area contributed by atoms with Crippen molar-refractivity contribution in [2.45, 2.75) is 57.2 Å². The fraction of sp³-hybridized carbons (Fsp3) is 0.562. The van der Waals surface area contributed by atoms with Crippen molar-refractivity contribution in [1.82, 2.24) is 5.32 Å². The molecule has 1 aromatic carbocycles. The molecule has 1 aromatic rings. The van der Waals surface area contributed by atoms with E-state index in [1.165, 1.54) is 38.2 Å². The van der Waals surface area contributed by atoms with Crippen LogP contribution in [0.2, 0.25) is 0 Å². The number of hydrogen-bond donors (Lipinski definition) is 2. The van der Waals surface area contributed by atoms with Gasteiger partial charge >= 0.3 is 6.18 Å². The summed E-state index contributed by atoms with van der Waals surface area (Å²) in [5, 5.41) is 6.48. The third-order valence-electron chi connectivity index (χ3n) is 3.89. The van der Waals surface area contributed by atoms with Crippen molar-refractivity contribution in [3.05, 3.63) is 29.8 Å². The van der Waals surface area contributed by atoms with Gasteiger partial charge in [0.15, 0.2) is 5.11 Å². The van der Waals surface area contributed by atoms with Crippen LogP contribution in [0, 0.1) is 0 Å². The van der Waals surface area contributed by atoms with Gasteiger partial charge in [-0.15, -0.1) is 0 Å². The van der Waals surface area contributed by atoms with Gasteiger partial charge in [-0.25, -0.2) is 0 Å². The Morgan fingerprint density at radius 3 is 2.32 bits per heavy atom. The fourth-order valence-electron chi connectivity index (χ4n) is 2.73. The molecule has 22 heavy (non-hydrogen) atoms. The first kappa shape index (κ1) is 17.1. The summed E-state index contributed by atoms with van der Waals surface area (Å²) < 4.78 is 38.1. The Labute approximate surface area is 134 Å². The minimum absolute atomic E-state index is 0.311. The number of rotatable bonds is 2. The molecule has 2 nitrogen and oxygen atoms in total. The van der Waals surface area contributed by atoms with E-state index in [9.17, 15) is 13.2 Å². The Morgan fingerprint density at radius 2 is 1.68 bits per heavy atom. The molecule has 0 saturated heterocycles. The van der Waals surface area contributed by atoms with Gasteiger partial charge in [0.05, 0.1) is 5.56 Å². The highest BCUT2D eigenvalue weighted by Crippen LogP contribution is 2.30. The zero-order chi connectivity index (χ0) is 16.0. The molecule has 2 rings (SSSR count). The maximum atomic E-state index is 12.7.